The third-order valence-corrected chi connectivity index (χ3v) is 4.55. The molecule has 5 aromatic rings. The van der Waals surface area contributed by atoms with Crippen LogP contribution in [0.1, 0.15) is 0 Å². The standard InChI is InChI=1S/C19H13N5O/c1-24-17-10-22-14-4-2-11(8-13(14)18(17)23-19(24)25)12-3-5-15-16(9-12)21-7-6-20-15/h2-10H,1H3,(H,23,25). The third kappa shape index (κ3) is 2.04. The minimum atomic E-state index is -0.143. The number of aryl methyl sites for hydroxylation is 1. The van der Waals surface area contributed by atoms with Crippen molar-refractivity contribution in [3.05, 3.63) is 65.5 Å². The number of imidazole rings is 1. The largest absolute Gasteiger partial charge is 0.326 e. The molecule has 0 aliphatic heterocycles. The van der Waals surface area contributed by atoms with E-state index in [9.17, 15) is 4.79 Å². The van der Waals surface area contributed by atoms with E-state index in [1.165, 1.54) is 0 Å². The molecular weight excluding hydrogens is 314 g/mol. The molecule has 0 bridgehead atoms. The monoisotopic (exact) mass is 327 g/mol. The first kappa shape index (κ1) is 13.9. The molecule has 0 aliphatic carbocycles. The molecule has 2 aromatic carbocycles. The summed E-state index contributed by atoms with van der Waals surface area (Å²) in [6, 6.07) is 12.1. The SMILES string of the molecule is Cn1c(=O)[nH]c2c3cc(-c4ccc5nccnc5c4)ccc3ncc21. The lowest BCUT2D eigenvalue weighted by Crippen LogP contribution is -2.11. The Morgan fingerprint density at radius 3 is 2.44 bits per heavy atom. The molecule has 25 heavy (non-hydrogen) atoms. The van der Waals surface area contributed by atoms with Gasteiger partial charge in [-0.05, 0) is 35.4 Å². The average Bonchev–Trinajstić information content (AvgIpc) is 2.95. The van der Waals surface area contributed by atoms with Crippen LogP contribution in [0.3, 0.4) is 0 Å². The topological polar surface area (TPSA) is 76.5 Å². The van der Waals surface area contributed by atoms with Crippen LogP contribution in [-0.2, 0) is 7.05 Å². The Bertz CT molecular complexity index is 1330. The van der Waals surface area contributed by atoms with Crippen LogP contribution in [0.15, 0.2) is 59.8 Å². The van der Waals surface area contributed by atoms with Crippen molar-refractivity contribution < 1.29 is 0 Å². The van der Waals surface area contributed by atoms with Gasteiger partial charge in [-0.25, -0.2) is 4.79 Å². The molecule has 0 atom stereocenters. The van der Waals surface area contributed by atoms with E-state index in [-0.39, 0.29) is 5.69 Å². The van der Waals surface area contributed by atoms with E-state index < -0.39 is 0 Å². The number of rotatable bonds is 1. The Morgan fingerprint density at radius 1 is 0.880 bits per heavy atom. The van der Waals surface area contributed by atoms with Crippen molar-refractivity contribution in [1.82, 2.24) is 24.5 Å². The number of H-pyrrole nitrogens is 1. The zero-order valence-corrected chi connectivity index (χ0v) is 13.4. The van der Waals surface area contributed by atoms with Gasteiger partial charge in [-0.2, -0.15) is 0 Å². The number of pyridine rings is 1. The van der Waals surface area contributed by atoms with Gasteiger partial charge in [0.15, 0.2) is 0 Å². The first-order chi connectivity index (χ1) is 12.2. The van der Waals surface area contributed by atoms with Crippen molar-refractivity contribution in [2.75, 3.05) is 0 Å². The molecular formula is C19H13N5O. The second-order valence-corrected chi connectivity index (χ2v) is 6.00. The van der Waals surface area contributed by atoms with Crippen LogP contribution in [-0.4, -0.2) is 24.5 Å². The molecule has 0 aliphatic rings. The quantitative estimate of drug-likeness (QED) is 0.513. The summed E-state index contributed by atoms with van der Waals surface area (Å²) in [4.78, 5) is 28.0. The van der Waals surface area contributed by atoms with Crippen LogP contribution in [0.2, 0.25) is 0 Å². The third-order valence-electron chi connectivity index (χ3n) is 4.55. The average molecular weight is 327 g/mol. The summed E-state index contributed by atoms with van der Waals surface area (Å²) >= 11 is 0. The molecule has 1 N–H and O–H groups in total. The van der Waals surface area contributed by atoms with Crippen molar-refractivity contribution in [3.63, 3.8) is 0 Å². The number of fused-ring (bicyclic) bond motifs is 4. The van der Waals surface area contributed by atoms with E-state index in [0.29, 0.717) is 0 Å². The highest BCUT2D eigenvalue weighted by molar-refractivity contribution is 6.03. The first-order valence-electron chi connectivity index (χ1n) is 7.89. The zero-order valence-electron chi connectivity index (χ0n) is 13.4. The van der Waals surface area contributed by atoms with Crippen molar-refractivity contribution in [2.45, 2.75) is 0 Å². The Kier molecular flexibility index (Phi) is 2.76. The molecule has 0 saturated carbocycles. The summed E-state index contributed by atoms with van der Waals surface area (Å²) in [7, 11) is 1.74. The van der Waals surface area contributed by atoms with E-state index in [0.717, 1.165) is 44.1 Å². The molecule has 6 nitrogen and oxygen atoms in total. The summed E-state index contributed by atoms with van der Waals surface area (Å²) in [5, 5.41) is 0.923. The fraction of sp³-hybridized carbons (Fsp3) is 0.0526. The van der Waals surface area contributed by atoms with Crippen molar-refractivity contribution in [1.29, 1.82) is 0 Å². The molecule has 0 radical (unpaired) electrons. The first-order valence-corrected chi connectivity index (χ1v) is 7.89. The molecule has 3 heterocycles. The minimum absolute atomic E-state index is 0.143. The van der Waals surface area contributed by atoms with Gasteiger partial charge in [0, 0.05) is 24.8 Å². The maximum Gasteiger partial charge on any atom is 0.326 e. The van der Waals surface area contributed by atoms with Gasteiger partial charge in [-0.1, -0.05) is 12.1 Å². The number of benzene rings is 2. The number of nitrogens with one attached hydrogen (secondary N) is 1. The van der Waals surface area contributed by atoms with Crippen LogP contribution in [0, 0.1) is 0 Å². The van der Waals surface area contributed by atoms with Crippen LogP contribution in [0.4, 0.5) is 0 Å². The molecule has 0 spiro atoms. The lowest BCUT2D eigenvalue weighted by molar-refractivity contribution is 0.890. The van der Waals surface area contributed by atoms with Crippen LogP contribution in [0.25, 0.3) is 44.1 Å². The normalized spacial score (nSPS) is 11.6. The van der Waals surface area contributed by atoms with Gasteiger partial charge < -0.3 is 4.98 Å². The van der Waals surface area contributed by atoms with Gasteiger partial charge in [0.05, 0.1) is 33.8 Å². The number of aromatic amines is 1. The molecule has 0 fully saturated rings. The highest BCUT2D eigenvalue weighted by atomic mass is 16.1. The van der Waals surface area contributed by atoms with Crippen molar-refractivity contribution in [2.24, 2.45) is 7.05 Å². The summed E-state index contributed by atoms with van der Waals surface area (Å²) < 4.78 is 1.57. The Balaban J connectivity index is 1.79. The Labute approximate surface area is 141 Å². The molecule has 0 unspecified atom stereocenters. The summed E-state index contributed by atoms with van der Waals surface area (Å²) in [5.74, 6) is 0. The van der Waals surface area contributed by atoms with Gasteiger partial charge >= 0.3 is 5.69 Å². The second kappa shape index (κ2) is 4.98. The number of hydrogen-bond acceptors (Lipinski definition) is 4. The van der Waals surface area contributed by atoms with E-state index >= 15 is 0 Å². The van der Waals surface area contributed by atoms with Crippen molar-refractivity contribution >= 4 is 33.0 Å². The van der Waals surface area contributed by atoms with Gasteiger partial charge in [0.1, 0.15) is 0 Å². The van der Waals surface area contributed by atoms with Gasteiger partial charge in [-0.3, -0.25) is 19.5 Å². The van der Waals surface area contributed by atoms with E-state index in [4.69, 9.17) is 0 Å². The highest BCUT2D eigenvalue weighted by Gasteiger charge is 2.10. The summed E-state index contributed by atoms with van der Waals surface area (Å²) in [6.45, 7) is 0. The molecule has 120 valence electrons. The van der Waals surface area contributed by atoms with Crippen molar-refractivity contribution in [3.8, 4) is 11.1 Å². The number of hydrogen-bond donors (Lipinski definition) is 1. The molecule has 3 aromatic heterocycles. The van der Waals surface area contributed by atoms with E-state index in [2.05, 4.69) is 26.0 Å². The van der Waals surface area contributed by atoms with Crippen LogP contribution >= 0.6 is 0 Å². The number of aromatic nitrogens is 5. The summed E-state index contributed by atoms with van der Waals surface area (Å²) in [5.41, 5.74) is 6.10. The van der Waals surface area contributed by atoms with Crippen LogP contribution < -0.4 is 5.69 Å². The Morgan fingerprint density at radius 2 is 1.60 bits per heavy atom. The fourth-order valence-corrected chi connectivity index (χ4v) is 3.19. The summed E-state index contributed by atoms with van der Waals surface area (Å²) in [6.07, 6.45) is 5.10. The fourth-order valence-electron chi connectivity index (χ4n) is 3.19. The van der Waals surface area contributed by atoms with Gasteiger partial charge in [0.25, 0.3) is 0 Å². The smallest absolute Gasteiger partial charge is 0.305 e. The predicted octanol–water partition coefficient (Wildman–Crippen LogP) is 3.03. The maximum absolute atomic E-state index is 11.9. The minimum Gasteiger partial charge on any atom is -0.305 e. The lowest BCUT2D eigenvalue weighted by Gasteiger charge is -2.06. The Hall–Kier alpha value is -3.54. The van der Waals surface area contributed by atoms with Crippen LogP contribution in [0.5, 0.6) is 0 Å². The number of nitrogens with zero attached hydrogens (tertiary/aromatic N) is 4. The van der Waals surface area contributed by atoms with E-state index in [1.54, 1.807) is 30.2 Å². The lowest BCUT2D eigenvalue weighted by atomic mass is 10.0. The molecule has 0 saturated heterocycles. The molecule has 5 rings (SSSR count). The molecule has 0 amide bonds. The van der Waals surface area contributed by atoms with Gasteiger partial charge in [-0.15, -0.1) is 0 Å². The van der Waals surface area contributed by atoms with Gasteiger partial charge in [0.2, 0.25) is 0 Å². The highest BCUT2D eigenvalue weighted by Crippen LogP contribution is 2.28. The predicted molar refractivity (Wildman–Crippen MR) is 97.4 cm³/mol. The maximum atomic E-state index is 11.9. The van der Waals surface area contributed by atoms with E-state index in [1.807, 2.05) is 30.3 Å². The second-order valence-electron chi connectivity index (χ2n) is 6.00. The zero-order chi connectivity index (χ0) is 17.0. The molecule has 6 heteroatoms.